The Bertz CT molecular complexity index is 751. The fourth-order valence-electron chi connectivity index (χ4n) is 1.96. The summed E-state index contributed by atoms with van der Waals surface area (Å²) in [6.07, 6.45) is 3.59. The third-order valence-corrected chi connectivity index (χ3v) is 3.49. The highest BCUT2D eigenvalue weighted by Gasteiger charge is 2.30. The highest BCUT2D eigenvalue weighted by Crippen LogP contribution is 2.17. The van der Waals surface area contributed by atoms with Crippen molar-refractivity contribution in [2.24, 2.45) is 0 Å². The van der Waals surface area contributed by atoms with Gasteiger partial charge in [0.1, 0.15) is 5.82 Å². The molecule has 1 amide bonds. The van der Waals surface area contributed by atoms with E-state index < -0.39 is 11.5 Å². The molecule has 0 aliphatic carbocycles. The van der Waals surface area contributed by atoms with Gasteiger partial charge < -0.3 is 10.4 Å². The standard InChI is InChI=1S/C15H19N5O3/c1-5-11-10(8-16-9(2)17-11)13(21)18-12-6-7-20(19-12)15(3,4)14(22)23/h6-8H,5H2,1-4H3,(H,22,23)(H,18,19,21). The lowest BCUT2D eigenvalue weighted by Gasteiger charge is -2.19. The molecule has 0 spiro atoms. The molecule has 0 unspecified atom stereocenters. The smallest absolute Gasteiger partial charge is 0.331 e. The number of amides is 1. The Morgan fingerprint density at radius 1 is 1.39 bits per heavy atom. The van der Waals surface area contributed by atoms with Gasteiger partial charge in [0.2, 0.25) is 0 Å². The van der Waals surface area contributed by atoms with E-state index in [1.807, 2.05) is 6.92 Å². The van der Waals surface area contributed by atoms with Gasteiger partial charge >= 0.3 is 5.97 Å². The van der Waals surface area contributed by atoms with Crippen LogP contribution in [0, 0.1) is 6.92 Å². The van der Waals surface area contributed by atoms with Crippen molar-refractivity contribution < 1.29 is 14.7 Å². The van der Waals surface area contributed by atoms with Crippen LogP contribution in [0.3, 0.4) is 0 Å². The van der Waals surface area contributed by atoms with Crippen molar-refractivity contribution in [3.8, 4) is 0 Å². The summed E-state index contributed by atoms with van der Waals surface area (Å²) in [4.78, 5) is 31.9. The predicted molar refractivity (Wildman–Crippen MR) is 83.3 cm³/mol. The van der Waals surface area contributed by atoms with Crippen molar-refractivity contribution >= 4 is 17.7 Å². The maximum absolute atomic E-state index is 12.3. The monoisotopic (exact) mass is 317 g/mol. The lowest BCUT2D eigenvalue weighted by Crippen LogP contribution is -2.36. The van der Waals surface area contributed by atoms with Crippen molar-refractivity contribution in [3.05, 3.63) is 35.5 Å². The molecule has 0 fully saturated rings. The minimum absolute atomic E-state index is 0.270. The highest BCUT2D eigenvalue weighted by atomic mass is 16.4. The van der Waals surface area contributed by atoms with Crippen LogP contribution < -0.4 is 5.32 Å². The zero-order valence-corrected chi connectivity index (χ0v) is 13.5. The van der Waals surface area contributed by atoms with Gasteiger partial charge in [0.05, 0.1) is 11.3 Å². The second-order valence-corrected chi connectivity index (χ2v) is 5.59. The number of hydrogen-bond donors (Lipinski definition) is 2. The predicted octanol–water partition coefficient (Wildman–Crippen LogP) is 1.62. The van der Waals surface area contributed by atoms with Crippen LogP contribution in [-0.2, 0) is 16.8 Å². The van der Waals surface area contributed by atoms with Crippen LogP contribution in [0.15, 0.2) is 18.5 Å². The molecule has 0 atom stereocenters. The number of nitrogens with zero attached hydrogens (tertiary/aromatic N) is 4. The molecule has 0 saturated heterocycles. The number of carbonyl (C=O) groups excluding carboxylic acids is 1. The van der Waals surface area contributed by atoms with E-state index in [0.717, 1.165) is 0 Å². The minimum Gasteiger partial charge on any atom is -0.479 e. The van der Waals surface area contributed by atoms with Crippen LogP contribution in [0.2, 0.25) is 0 Å². The first-order valence-electron chi connectivity index (χ1n) is 7.19. The molecule has 2 N–H and O–H groups in total. The van der Waals surface area contributed by atoms with Gasteiger partial charge in [0.15, 0.2) is 11.4 Å². The molecule has 0 radical (unpaired) electrons. The Balaban J connectivity index is 2.22. The molecule has 0 bridgehead atoms. The summed E-state index contributed by atoms with van der Waals surface area (Å²) in [6, 6.07) is 1.54. The number of aryl methyl sites for hydroxylation is 2. The maximum Gasteiger partial charge on any atom is 0.331 e. The van der Waals surface area contributed by atoms with Gasteiger partial charge in [-0.05, 0) is 27.2 Å². The molecule has 8 nitrogen and oxygen atoms in total. The SMILES string of the molecule is CCc1nc(C)ncc1C(=O)Nc1ccn(C(C)(C)C(=O)O)n1. The number of aromatic nitrogens is 4. The van der Waals surface area contributed by atoms with Gasteiger partial charge in [-0.25, -0.2) is 14.8 Å². The van der Waals surface area contributed by atoms with E-state index in [1.165, 1.54) is 30.9 Å². The van der Waals surface area contributed by atoms with Crippen molar-refractivity contribution in [2.75, 3.05) is 5.32 Å². The summed E-state index contributed by atoms with van der Waals surface area (Å²) in [5.41, 5.74) is -0.171. The first kappa shape index (κ1) is 16.6. The average molecular weight is 317 g/mol. The summed E-state index contributed by atoms with van der Waals surface area (Å²) in [7, 11) is 0. The first-order valence-corrected chi connectivity index (χ1v) is 7.19. The van der Waals surface area contributed by atoms with Crippen molar-refractivity contribution in [2.45, 2.75) is 39.7 Å². The van der Waals surface area contributed by atoms with Gasteiger partial charge in [0, 0.05) is 18.5 Å². The Morgan fingerprint density at radius 3 is 2.70 bits per heavy atom. The first-order chi connectivity index (χ1) is 10.8. The maximum atomic E-state index is 12.3. The number of anilines is 1. The fourth-order valence-corrected chi connectivity index (χ4v) is 1.96. The molecule has 2 aromatic rings. The van der Waals surface area contributed by atoms with Crippen LogP contribution >= 0.6 is 0 Å². The molecule has 0 aliphatic heterocycles. The summed E-state index contributed by atoms with van der Waals surface area (Å²) >= 11 is 0. The molecular weight excluding hydrogens is 298 g/mol. The molecule has 0 saturated carbocycles. The number of carboxylic acid groups (broad SMARTS) is 1. The van der Waals surface area contributed by atoms with Crippen molar-refractivity contribution in [1.82, 2.24) is 19.7 Å². The molecule has 2 rings (SSSR count). The van der Waals surface area contributed by atoms with E-state index in [0.29, 0.717) is 23.5 Å². The molecule has 23 heavy (non-hydrogen) atoms. The van der Waals surface area contributed by atoms with Gasteiger partial charge in [0.25, 0.3) is 5.91 Å². The Hall–Kier alpha value is -2.77. The van der Waals surface area contributed by atoms with Gasteiger partial charge in [-0.1, -0.05) is 6.92 Å². The van der Waals surface area contributed by atoms with Crippen LogP contribution in [0.5, 0.6) is 0 Å². The number of rotatable bonds is 5. The summed E-state index contributed by atoms with van der Waals surface area (Å²) in [5, 5.41) is 15.9. The zero-order valence-electron chi connectivity index (χ0n) is 13.5. The second-order valence-electron chi connectivity index (χ2n) is 5.59. The molecule has 8 heteroatoms. The summed E-state index contributed by atoms with van der Waals surface area (Å²) < 4.78 is 1.29. The molecule has 2 aromatic heterocycles. The fraction of sp³-hybridized carbons (Fsp3) is 0.400. The lowest BCUT2D eigenvalue weighted by atomic mass is 10.1. The Labute approximate surface area is 133 Å². The van der Waals surface area contributed by atoms with Crippen LogP contribution in [0.25, 0.3) is 0 Å². The van der Waals surface area contributed by atoms with E-state index in [9.17, 15) is 14.7 Å². The second kappa shape index (κ2) is 6.15. The number of carbonyl (C=O) groups is 2. The average Bonchev–Trinajstić information content (AvgIpc) is 2.95. The molecule has 122 valence electrons. The normalized spacial score (nSPS) is 11.3. The van der Waals surface area contributed by atoms with Gasteiger partial charge in [-0.3, -0.25) is 9.48 Å². The van der Waals surface area contributed by atoms with Gasteiger partial charge in [-0.15, -0.1) is 0 Å². The van der Waals surface area contributed by atoms with Crippen molar-refractivity contribution in [3.63, 3.8) is 0 Å². The number of carboxylic acids is 1. The third-order valence-electron chi connectivity index (χ3n) is 3.49. The number of hydrogen-bond acceptors (Lipinski definition) is 5. The highest BCUT2D eigenvalue weighted by molar-refractivity contribution is 6.04. The van der Waals surface area contributed by atoms with Crippen molar-refractivity contribution in [1.29, 1.82) is 0 Å². The van der Waals surface area contributed by atoms with Crippen LogP contribution in [0.4, 0.5) is 5.82 Å². The van der Waals surface area contributed by atoms with E-state index in [1.54, 1.807) is 13.0 Å². The Kier molecular flexibility index (Phi) is 4.44. The quantitative estimate of drug-likeness (QED) is 0.867. The van der Waals surface area contributed by atoms with E-state index in [-0.39, 0.29) is 11.7 Å². The van der Waals surface area contributed by atoms with E-state index >= 15 is 0 Å². The molecule has 2 heterocycles. The topological polar surface area (TPSA) is 110 Å². The molecule has 0 aromatic carbocycles. The third kappa shape index (κ3) is 3.36. The minimum atomic E-state index is -1.20. The van der Waals surface area contributed by atoms with E-state index in [2.05, 4.69) is 20.4 Å². The summed E-state index contributed by atoms with van der Waals surface area (Å²) in [5.74, 6) is -0.517. The molecular formula is C15H19N5O3. The largest absolute Gasteiger partial charge is 0.479 e. The van der Waals surface area contributed by atoms with E-state index in [4.69, 9.17) is 0 Å². The number of aliphatic carboxylic acids is 1. The Morgan fingerprint density at radius 2 is 2.09 bits per heavy atom. The van der Waals surface area contributed by atoms with Gasteiger partial charge in [-0.2, -0.15) is 5.10 Å². The lowest BCUT2D eigenvalue weighted by molar-refractivity contribution is -0.146. The zero-order chi connectivity index (χ0) is 17.2. The molecule has 0 aliphatic rings. The van der Waals surface area contributed by atoms with Crippen LogP contribution in [0.1, 0.15) is 42.6 Å². The van der Waals surface area contributed by atoms with Crippen LogP contribution in [-0.4, -0.2) is 36.7 Å². The number of nitrogens with one attached hydrogen (secondary N) is 1. The summed E-state index contributed by atoms with van der Waals surface area (Å²) in [6.45, 7) is 6.72.